The van der Waals surface area contributed by atoms with Crippen molar-refractivity contribution >= 4 is 5.84 Å². The molecule has 0 aromatic rings. The Hall–Kier alpha value is -1.63. The number of amidine groups is 1. The van der Waals surface area contributed by atoms with Gasteiger partial charge < -0.3 is 15.2 Å². The summed E-state index contributed by atoms with van der Waals surface area (Å²) in [6, 6.07) is 4.35. The molecular weight excluding hydrogens is 220 g/mol. The molecule has 6 heteroatoms. The van der Waals surface area contributed by atoms with Crippen LogP contribution in [-0.4, -0.2) is 25.0 Å². The van der Waals surface area contributed by atoms with E-state index in [4.69, 9.17) is 15.2 Å². The van der Waals surface area contributed by atoms with E-state index in [9.17, 15) is 10.5 Å². The second-order valence-electron chi connectivity index (χ2n) is 5.12. The molecule has 0 amide bonds. The Morgan fingerprint density at radius 1 is 1.24 bits per heavy atom. The summed E-state index contributed by atoms with van der Waals surface area (Å²) in [5.41, 5.74) is 3.01. The van der Waals surface area contributed by atoms with Gasteiger partial charge >= 0.3 is 0 Å². The molecular formula is C11H12N4O2. The third kappa shape index (κ3) is 0.645. The molecule has 0 aromatic carbocycles. The maximum atomic E-state index is 9.55. The van der Waals surface area contributed by atoms with Crippen LogP contribution < -0.4 is 5.73 Å². The first-order valence-corrected chi connectivity index (χ1v) is 5.42. The van der Waals surface area contributed by atoms with Crippen molar-refractivity contribution in [1.29, 1.82) is 10.5 Å². The predicted octanol–water partition coefficient (Wildman–Crippen LogP) is 0.118. The normalized spacial score (nSPS) is 43.6. The van der Waals surface area contributed by atoms with E-state index in [-0.39, 0.29) is 5.84 Å². The maximum Gasteiger partial charge on any atom is 0.293 e. The maximum absolute atomic E-state index is 9.55. The van der Waals surface area contributed by atoms with E-state index in [0.717, 1.165) is 0 Å². The second kappa shape index (κ2) is 2.45. The van der Waals surface area contributed by atoms with Crippen molar-refractivity contribution in [2.45, 2.75) is 19.8 Å². The molecule has 0 aromatic heterocycles. The Bertz CT molecular complexity index is 521. The van der Waals surface area contributed by atoms with Gasteiger partial charge in [-0.05, 0) is 0 Å². The third-order valence-corrected chi connectivity index (χ3v) is 4.51. The highest BCUT2D eigenvalue weighted by Crippen LogP contribution is 2.85. The minimum absolute atomic E-state index is 0.147. The molecule has 0 bridgehead atoms. The highest BCUT2D eigenvalue weighted by atomic mass is 16.8. The van der Waals surface area contributed by atoms with Crippen LogP contribution >= 0.6 is 0 Å². The summed E-state index contributed by atoms with van der Waals surface area (Å²) in [7, 11) is 0. The average molecular weight is 232 g/mol. The molecule has 1 aliphatic carbocycles. The molecule has 88 valence electrons. The van der Waals surface area contributed by atoms with Crippen LogP contribution in [0.1, 0.15) is 13.8 Å². The highest BCUT2D eigenvalue weighted by molar-refractivity contribution is 5.99. The Morgan fingerprint density at radius 2 is 1.82 bits per heavy atom. The van der Waals surface area contributed by atoms with E-state index in [1.807, 2.05) is 13.8 Å². The van der Waals surface area contributed by atoms with Gasteiger partial charge in [0, 0.05) is 5.41 Å². The number of nitrogens with two attached hydrogens (primary N) is 1. The van der Waals surface area contributed by atoms with E-state index in [1.165, 1.54) is 0 Å². The number of nitriles is 2. The molecule has 2 N–H and O–H groups in total. The van der Waals surface area contributed by atoms with Crippen LogP contribution in [0.3, 0.4) is 0 Å². The Morgan fingerprint density at radius 3 is 2.24 bits per heavy atom. The van der Waals surface area contributed by atoms with Crippen molar-refractivity contribution in [3.05, 3.63) is 0 Å². The molecule has 2 aliphatic heterocycles. The first-order valence-electron chi connectivity index (χ1n) is 5.42. The van der Waals surface area contributed by atoms with Gasteiger partial charge in [0.2, 0.25) is 0 Å². The standard InChI is InChI=1S/C11H12N4O2/c1-8(2)9(5-12)7(14)15-11(10(8,9)6-13)16-3-4-17-11/h3-4H2,1-2H3,(H2,14,15)/t9-,10-/m1/s1. The molecule has 0 radical (unpaired) electrons. The lowest BCUT2D eigenvalue weighted by molar-refractivity contribution is -0.190. The van der Waals surface area contributed by atoms with E-state index in [0.29, 0.717) is 13.2 Å². The summed E-state index contributed by atoms with van der Waals surface area (Å²) in [5.74, 6) is -1.24. The number of hydrogen-bond acceptors (Lipinski definition) is 6. The molecule has 3 rings (SSSR count). The molecule has 1 saturated carbocycles. The van der Waals surface area contributed by atoms with Gasteiger partial charge in [0.15, 0.2) is 5.41 Å². The van der Waals surface area contributed by atoms with Crippen molar-refractivity contribution in [3.63, 3.8) is 0 Å². The van der Waals surface area contributed by atoms with Crippen molar-refractivity contribution in [3.8, 4) is 12.1 Å². The summed E-state index contributed by atoms with van der Waals surface area (Å²) < 4.78 is 11.0. The predicted molar refractivity (Wildman–Crippen MR) is 56.1 cm³/mol. The molecule has 1 saturated heterocycles. The number of rotatable bonds is 0. The fourth-order valence-electron chi connectivity index (χ4n) is 3.60. The fourth-order valence-corrected chi connectivity index (χ4v) is 3.60. The van der Waals surface area contributed by atoms with E-state index in [2.05, 4.69) is 17.1 Å². The number of hydrogen-bond donors (Lipinski definition) is 1. The first kappa shape index (κ1) is 10.5. The zero-order chi connectivity index (χ0) is 12.5. The molecule has 1 spiro atoms. The molecule has 2 heterocycles. The summed E-state index contributed by atoms with van der Waals surface area (Å²) in [5, 5.41) is 19.0. The molecule has 2 atom stereocenters. The first-order chi connectivity index (χ1) is 7.96. The van der Waals surface area contributed by atoms with Crippen LogP contribution in [0.5, 0.6) is 0 Å². The zero-order valence-electron chi connectivity index (χ0n) is 9.65. The van der Waals surface area contributed by atoms with Crippen molar-refractivity contribution < 1.29 is 9.47 Å². The van der Waals surface area contributed by atoms with Gasteiger partial charge in [0.1, 0.15) is 11.3 Å². The third-order valence-electron chi connectivity index (χ3n) is 4.51. The Labute approximate surface area is 98.6 Å². The quantitative estimate of drug-likeness (QED) is 0.638. The van der Waals surface area contributed by atoms with E-state index >= 15 is 0 Å². The minimum Gasteiger partial charge on any atom is -0.386 e. The van der Waals surface area contributed by atoms with Gasteiger partial charge in [-0.15, -0.1) is 0 Å². The summed E-state index contributed by atoms with van der Waals surface area (Å²) in [6.07, 6.45) is 0. The number of aliphatic imine (C=N–C) groups is 1. The summed E-state index contributed by atoms with van der Waals surface area (Å²) in [6.45, 7) is 4.37. The average Bonchev–Trinajstić information content (AvgIpc) is 2.63. The van der Waals surface area contributed by atoms with Gasteiger partial charge in [0.05, 0.1) is 25.4 Å². The van der Waals surface area contributed by atoms with E-state index < -0.39 is 22.2 Å². The van der Waals surface area contributed by atoms with Crippen molar-refractivity contribution in [2.75, 3.05) is 13.2 Å². The van der Waals surface area contributed by atoms with Crippen molar-refractivity contribution in [2.24, 2.45) is 27.0 Å². The topological polar surface area (TPSA) is 104 Å². The monoisotopic (exact) mass is 232 g/mol. The molecule has 6 nitrogen and oxygen atoms in total. The molecule has 3 aliphatic rings. The fraction of sp³-hybridized carbons (Fsp3) is 0.727. The lowest BCUT2D eigenvalue weighted by atomic mass is 9.93. The lowest BCUT2D eigenvalue weighted by Gasteiger charge is -2.27. The number of fused-ring (bicyclic) bond motifs is 2. The van der Waals surface area contributed by atoms with Crippen LogP contribution in [0.4, 0.5) is 0 Å². The zero-order valence-corrected chi connectivity index (χ0v) is 9.65. The largest absolute Gasteiger partial charge is 0.386 e. The van der Waals surface area contributed by atoms with Crippen LogP contribution in [-0.2, 0) is 9.47 Å². The summed E-state index contributed by atoms with van der Waals surface area (Å²) >= 11 is 0. The number of ether oxygens (including phenoxy) is 2. The van der Waals surface area contributed by atoms with Gasteiger partial charge in [-0.25, -0.2) is 4.99 Å². The summed E-state index contributed by atoms with van der Waals surface area (Å²) in [4.78, 5) is 4.14. The van der Waals surface area contributed by atoms with Crippen LogP contribution in [0, 0.1) is 38.9 Å². The van der Waals surface area contributed by atoms with Gasteiger partial charge in [-0.1, -0.05) is 13.8 Å². The van der Waals surface area contributed by atoms with Crippen LogP contribution in [0.25, 0.3) is 0 Å². The van der Waals surface area contributed by atoms with E-state index in [1.54, 1.807) is 0 Å². The van der Waals surface area contributed by atoms with Crippen LogP contribution in [0.15, 0.2) is 4.99 Å². The number of nitrogens with zero attached hydrogens (tertiary/aromatic N) is 3. The Kier molecular flexibility index (Phi) is 1.52. The second-order valence-corrected chi connectivity index (χ2v) is 5.12. The van der Waals surface area contributed by atoms with Crippen LogP contribution in [0.2, 0.25) is 0 Å². The molecule has 0 unspecified atom stereocenters. The lowest BCUT2D eigenvalue weighted by Crippen LogP contribution is -2.40. The molecule has 17 heavy (non-hydrogen) atoms. The molecule has 2 fully saturated rings. The van der Waals surface area contributed by atoms with Gasteiger partial charge in [-0.3, -0.25) is 0 Å². The van der Waals surface area contributed by atoms with Gasteiger partial charge in [0.25, 0.3) is 5.91 Å². The minimum atomic E-state index is -1.38. The van der Waals surface area contributed by atoms with Crippen molar-refractivity contribution in [1.82, 2.24) is 0 Å². The SMILES string of the molecule is CC1(C)[C@@]2(C#N)C3(N=C(N)[C@]12C#N)OCCO3. The van der Waals surface area contributed by atoms with Gasteiger partial charge in [-0.2, -0.15) is 10.5 Å². The Balaban J connectivity index is 2.28. The smallest absolute Gasteiger partial charge is 0.293 e. The highest BCUT2D eigenvalue weighted by Gasteiger charge is 2.98.